The van der Waals surface area contributed by atoms with Gasteiger partial charge in [-0.05, 0) is 36.8 Å². The molecule has 2 aromatic carbocycles. The van der Waals surface area contributed by atoms with Gasteiger partial charge in [0.25, 0.3) is 0 Å². The van der Waals surface area contributed by atoms with E-state index in [-0.39, 0.29) is 6.42 Å². The van der Waals surface area contributed by atoms with Crippen LogP contribution in [0.5, 0.6) is 0 Å². The first-order valence-electron chi connectivity index (χ1n) is 5.92. The summed E-state index contributed by atoms with van der Waals surface area (Å²) in [6.07, 6.45) is 0.285. The van der Waals surface area contributed by atoms with E-state index in [2.05, 4.69) is 15.9 Å². The molecule has 2 aromatic rings. The molecule has 0 aromatic heterocycles. The zero-order valence-corrected chi connectivity index (χ0v) is 14.5. The van der Waals surface area contributed by atoms with Gasteiger partial charge in [0.1, 0.15) is 0 Å². The normalized spacial score (nSPS) is 14.1. The van der Waals surface area contributed by atoms with Crippen molar-refractivity contribution in [1.82, 2.24) is 0 Å². The Kier molecular flexibility index (Phi) is 5.04. The maximum absolute atomic E-state index is 10.7. The molecule has 2 rings (SSSR count). The highest BCUT2D eigenvalue weighted by Crippen LogP contribution is 2.36. The summed E-state index contributed by atoms with van der Waals surface area (Å²) in [4.78, 5) is 0. The average molecular weight is 395 g/mol. The summed E-state index contributed by atoms with van der Waals surface area (Å²) in [7, 11) is 0. The van der Waals surface area contributed by atoms with Crippen LogP contribution < -0.4 is 0 Å². The molecule has 5 heteroatoms. The van der Waals surface area contributed by atoms with E-state index in [1.54, 1.807) is 37.3 Å². The predicted octanol–water partition coefficient (Wildman–Crippen LogP) is 5.86. The Morgan fingerprint density at radius 3 is 2.20 bits per heavy atom. The van der Waals surface area contributed by atoms with E-state index in [1.807, 2.05) is 6.07 Å². The lowest BCUT2D eigenvalue weighted by molar-refractivity contribution is 0.0577. The Balaban J connectivity index is 2.40. The Labute approximate surface area is 141 Å². The highest BCUT2D eigenvalue weighted by atomic mass is 79.9. The predicted molar refractivity (Wildman–Crippen MR) is 88.9 cm³/mol. The van der Waals surface area contributed by atoms with Crippen LogP contribution in [0, 0.1) is 0 Å². The lowest BCUT2D eigenvalue weighted by atomic mass is 9.89. The molecule has 1 atom stereocenters. The van der Waals surface area contributed by atoms with Gasteiger partial charge in [-0.3, -0.25) is 0 Å². The summed E-state index contributed by atoms with van der Waals surface area (Å²) in [5, 5.41) is 12.3. The van der Waals surface area contributed by atoms with Crippen LogP contribution in [0.4, 0.5) is 0 Å². The molecule has 1 nitrogen and oxygen atoms in total. The highest BCUT2D eigenvalue weighted by Gasteiger charge is 2.28. The quantitative estimate of drug-likeness (QED) is 0.691. The van der Waals surface area contributed by atoms with Crippen molar-refractivity contribution in [1.29, 1.82) is 0 Å². The largest absolute Gasteiger partial charge is 0.385 e. The van der Waals surface area contributed by atoms with Crippen LogP contribution in [0.3, 0.4) is 0 Å². The first kappa shape index (κ1) is 16.1. The zero-order chi connectivity index (χ0) is 14.9. The van der Waals surface area contributed by atoms with E-state index < -0.39 is 5.60 Å². The van der Waals surface area contributed by atoms with Crippen LogP contribution in [-0.2, 0) is 12.0 Å². The second kappa shape index (κ2) is 6.25. The van der Waals surface area contributed by atoms with Crippen molar-refractivity contribution >= 4 is 50.7 Å². The van der Waals surface area contributed by atoms with Gasteiger partial charge in [0.15, 0.2) is 0 Å². The zero-order valence-electron chi connectivity index (χ0n) is 10.6. The maximum Gasteiger partial charge on any atom is 0.0924 e. The van der Waals surface area contributed by atoms with E-state index >= 15 is 0 Å². The van der Waals surface area contributed by atoms with E-state index in [9.17, 15) is 5.11 Å². The SMILES string of the molecule is CC(O)(Cc1c(Cl)cccc1Cl)c1ccc(Br)cc1Cl. The molecular formula is C15H12BrCl3O. The van der Waals surface area contributed by atoms with Gasteiger partial charge in [0.05, 0.1) is 5.60 Å². The molecule has 1 unspecified atom stereocenters. The summed E-state index contributed by atoms with van der Waals surface area (Å²) in [6, 6.07) is 10.7. The molecule has 20 heavy (non-hydrogen) atoms. The fourth-order valence-corrected chi connectivity index (χ4v) is 3.47. The van der Waals surface area contributed by atoms with E-state index in [0.29, 0.717) is 26.2 Å². The van der Waals surface area contributed by atoms with Crippen LogP contribution in [0.25, 0.3) is 0 Å². The molecule has 0 radical (unpaired) electrons. The van der Waals surface area contributed by atoms with Crippen molar-refractivity contribution in [3.63, 3.8) is 0 Å². The minimum atomic E-state index is -1.16. The van der Waals surface area contributed by atoms with Crippen molar-refractivity contribution < 1.29 is 5.11 Å². The molecule has 0 fully saturated rings. The third-order valence-corrected chi connectivity index (χ3v) is 4.61. The van der Waals surface area contributed by atoms with Crippen LogP contribution in [0.15, 0.2) is 40.9 Å². The van der Waals surface area contributed by atoms with Crippen molar-refractivity contribution in [2.45, 2.75) is 18.9 Å². The second-order valence-corrected chi connectivity index (χ2v) is 6.91. The van der Waals surface area contributed by atoms with Gasteiger partial charge in [0, 0.05) is 31.5 Å². The lowest BCUT2D eigenvalue weighted by Gasteiger charge is -2.26. The Morgan fingerprint density at radius 1 is 1.05 bits per heavy atom. The third kappa shape index (κ3) is 3.49. The van der Waals surface area contributed by atoms with E-state index in [4.69, 9.17) is 34.8 Å². The van der Waals surface area contributed by atoms with Crippen molar-refractivity contribution in [2.24, 2.45) is 0 Å². The Bertz CT molecular complexity index is 621. The minimum Gasteiger partial charge on any atom is -0.385 e. The Hall–Kier alpha value is -0.250. The molecule has 0 amide bonds. The van der Waals surface area contributed by atoms with Gasteiger partial charge in [-0.25, -0.2) is 0 Å². The molecule has 0 bridgehead atoms. The summed E-state index contributed by atoms with van der Waals surface area (Å²) in [5.41, 5.74) is 0.185. The van der Waals surface area contributed by atoms with Crippen molar-refractivity contribution in [2.75, 3.05) is 0 Å². The first-order valence-corrected chi connectivity index (χ1v) is 7.85. The molecule has 1 N–H and O–H groups in total. The molecule has 0 spiro atoms. The Morgan fingerprint density at radius 2 is 1.65 bits per heavy atom. The molecule has 0 aliphatic heterocycles. The van der Waals surface area contributed by atoms with Crippen LogP contribution in [0.2, 0.25) is 15.1 Å². The monoisotopic (exact) mass is 392 g/mol. The molecule has 0 heterocycles. The van der Waals surface area contributed by atoms with Gasteiger partial charge in [-0.1, -0.05) is 62.9 Å². The molecular weight excluding hydrogens is 382 g/mol. The van der Waals surface area contributed by atoms with Crippen LogP contribution in [0.1, 0.15) is 18.1 Å². The summed E-state index contributed by atoms with van der Waals surface area (Å²) in [5.74, 6) is 0. The number of hydrogen-bond donors (Lipinski definition) is 1. The van der Waals surface area contributed by atoms with Gasteiger partial charge < -0.3 is 5.11 Å². The third-order valence-electron chi connectivity index (χ3n) is 3.09. The summed E-state index contributed by atoms with van der Waals surface area (Å²) < 4.78 is 0.859. The molecule has 0 saturated carbocycles. The topological polar surface area (TPSA) is 20.2 Å². The number of hydrogen-bond acceptors (Lipinski definition) is 1. The van der Waals surface area contributed by atoms with Crippen molar-refractivity contribution in [3.05, 3.63) is 67.1 Å². The number of halogens is 4. The number of rotatable bonds is 3. The van der Waals surface area contributed by atoms with E-state index in [1.165, 1.54) is 0 Å². The molecule has 0 saturated heterocycles. The fourth-order valence-electron chi connectivity index (χ4n) is 2.07. The molecule has 106 valence electrons. The van der Waals surface area contributed by atoms with E-state index in [0.717, 1.165) is 4.47 Å². The summed E-state index contributed by atoms with van der Waals surface area (Å²) in [6.45, 7) is 1.70. The van der Waals surface area contributed by atoms with Crippen LogP contribution >= 0.6 is 50.7 Å². The number of benzene rings is 2. The average Bonchev–Trinajstić information content (AvgIpc) is 2.33. The first-order chi connectivity index (χ1) is 9.31. The maximum atomic E-state index is 10.7. The standard InChI is InChI=1S/C15H12BrCl3O/c1-15(20,11-6-5-9(16)7-14(11)19)8-10-12(17)3-2-4-13(10)18/h2-7,20H,8H2,1H3. The smallest absolute Gasteiger partial charge is 0.0924 e. The highest BCUT2D eigenvalue weighted by molar-refractivity contribution is 9.10. The van der Waals surface area contributed by atoms with Gasteiger partial charge in [-0.15, -0.1) is 0 Å². The molecule has 0 aliphatic carbocycles. The minimum absolute atomic E-state index is 0.285. The number of aliphatic hydroxyl groups is 1. The molecule has 0 aliphatic rings. The van der Waals surface area contributed by atoms with Gasteiger partial charge in [-0.2, -0.15) is 0 Å². The second-order valence-electron chi connectivity index (χ2n) is 4.78. The van der Waals surface area contributed by atoms with Gasteiger partial charge in [0.2, 0.25) is 0 Å². The van der Waals surface area contributed by atoms with Crippen molar-refractivity contribution in [3.8, 4) is 0 Å². The summed E-state index contributed by atoms with van der Waals surface area (Å²) >= 11 is 21.9. The van der Waals surface area contributed by atoms with Gasteiger partial charge >= 0.3 is 0 Å². The van der Waals surface area contributed by atoms with Crippen LogP contribution in [-0.4, -0.2) is 5.11 Å². The lowest BCUT2D eigenvalue weighted by Crippen LogP contribution is -2.25. The fraction of sp³-hybridized carbons (Fsp3) is 0.200.